The van der Waals surface area contributed by atoms with Gasteiger partial charge in [-0.3, -0.25) is 0 Å². The van der Waals surface area contributed by atoms with E-state index >= 15 is 0 Å². The Hall–Kier alpha value is -1.63. The third-order valence-electron chi connectivity index (χ3n) is 3.22. The van der Waals surface area contributed by atoms with Gasteiger partial charge in [0.25, 0.3) is 0 Å². The smallest absolute Gasteiger partial charge is 0.0873 e. The van der Waals surface area contributed by atoms with E-state index in [2.05, 4.69) is 24.8 Å². The van der Waals surface area contributed by atoms with Crippen molar-refractivity contribution in [2.24, 2.45) is 0 Å². The van der Waals surface area contributed by atoms with E-state index in [-0.39, 0.29) is 0 Å². The minimum absolute atomic E-state index is 0.578. The fourth-order valence-electron chi connectivity index (χ4n) is 2.36. The Morgan fingerprint density at radius 2 is 1.94 bits per heavy atom. The molecule has 0 radical (unpaired) electrons. The molecule has 2 rings (SSSR count). The lowest BCUT2D eigenvalue weighted by molar-refractivity contribution is 0.685. The molecule has 0 N–H and O–H groups in total. The summed E-state index contributed by atoms with van der Waals surface area (Å²) in [5, 5.41) is 0. The summed E-state index contributed by atoms with van der Waals surface area (Å²) < 4.78 is 12.3. The molecule has 1 aliphatic carbocycles. The van der Waals surface area contributed by atoms with E-state index in [1.165, 1.54) is 36.5 Å². The van der Waals surface area contributed by atoms with E-state index in [4.69, 9.17) is 0 Å². The Balaban J connectivity index is 2.38. The largest absolute Gasteiger partial charge is 0.216 e. The number of aryl methyl sites for hydroxylation is 2. The molecule has 0 aliphatic heterocycles. The third-order valence-corrected chi connectivity index (χ3v) is 3.22. The molecular weight excluding hydrogens is 211 g/mol. The van der Waals surface area contributed by atoms with Gasteiger partial charge >= 0.3 is 0 Å². The second-order valence-electron chi connectivity index (χ2n) is 4.34. The lowest BCUT2D eigenvalue weighted by atomic mass is 9.89. The minimum atomic E-state index is 0.578. The fraction of sp³-hybridized carbons (Fsp3) is 0.250. The van der Waals surface area contributed by atoms with Crippen LogP contribution >= 0.6 is 0 Å². The number of allylic oxidation sites excluding steroid dienone is 4. The fourth-order valence-corrected chi connectivity index (χ4v) is 2.36. The molecule has 1 heteroatoms. The van der Waals surface area contributed by atoms with E-state index in [0.29, 0.717) is 6.33 Å². The van der Waals surface area contributed by atoms with Crippen LogP contribution in [-0.4, -0.2) is 0 Å². The standard InChI is InChI=1S/C16H17F/c1-2-5-13(10-11-17)16-9-8-14-6-3-4-7-15(14)12-16/h2,5,8-12H,1,3-4,6-7H2/b11-10-,13-5+. The van der Waals surface area contributed by atoms with Gasteiger partial charge in [-0.1, -0.05) is 36.9 Å². The molecule has 88 valence electrons. The van der Waals surface area contributed by atoms with Gasteiger partial charge in [-0.2, -0.15) is 0 Å². The summed E-state index contributed by atoms with van der Waals surface area (Å²) in [7, 11) is 0. The molecule has 0 heterocycles. The number of rotatable bonds is 3. The number of hydrogen-bond donors (Lipinski definition) is 0. The van der Waals surface area contributed by atoms with Gasteiger partial charge < -0.3 is 0 Å². The molecule has 17 heavy (non-hydrogen) atoms. The lowest BCUT2D eigenvalue weighted by Gasteiger charge is -2.16. The summed E-state index contributed by atoms with van der Waals surface area (Å²) in [6.45, 7) is 3.66. The Kier molecular flexibility index (Phi) is 3.92. The summed E-state index contributed by atoms with van der Waals surface area (Å²) >= 11 is 0. The first-order valence-electron chi connectivity index (χ1n) is 6.07. The molecule has 0 amide bonds. The molecule has 0 atom stereocenters. The van der Waals surface area contributed by atoms with Crippen LogP contribution in [-0.2, 0) is 12.8 Å². The van der Waals surface area contributed by atoms with Crippen LogP contribution in [0.25, 0.3) is 5.57 Å². The highest BCUT2D eigenvalue weighted by Crippen LogP contribution is 2.25. The summed E-state index contributed by atoms with van der Waals surface area (Å²) in [6.07, 6.45) is 10.4. The molecule has 1 aliphatic rings. The lowest BCUT2D eigenvalue weighted by Crippen LogP contribution is -2.02. The third kappa shape index (κ3) is 2.73. The maximum absolute atomic E-state index is 12.3. The molecule has 0 saturated carbocycles. The quantitative estimate of drug-likeness (QED) is 0.662. The van der Waals surface area contributed by atoms with Crippen LogP contribution in [0.1, 0.15) is 29.5 Å². The summed E-state index contributed by atoms with van der Waals surface area (Å²) in [4.78, 5) is 0. The predicted octanol–water partition coefficient (Wildman–Crippen LogP) is 4.62. The van der Waals surface area contributed by atoms with Crippen molar-refractivity contribution in [3.63, 3.8) is 0 Å². The predicted molar refractivity (Wildman–Crippen MR) is 71.5 cm³/mol. The molecule has 0 spiro atoms. The number of benzene rings is 1. The first kappa shape index (κ1) is 11.8. The molecular formula is C16H17F. The topological polar surface area (TPSA) is 0 Å². The summed E-state index contributed by atoms with van der Waals surface area (Å²) in [6, 6.07) is 6.43. The van der Waals surface area contributed by atoms with Crippen molar-refractivity contribution >= 4 is 5.57 Å². The molecule has 0 saturated heterocycles. The van der Waals surface area contributed by atoms with Gasteiger partial charge in [-0.15, -0.1) is 0 Å². The first-order chi connectivity index (χ1) is 8.35. The van der Waals surface area contributed by atoms with Crippen molar-refractivity contribution in [2.75, 3.05) is 0 Å². The maximum Gasteiger partial charge on any atom is 0.0873 e. The molecule has 1 aromatic carbocycles. The highest BCUT2D eigenvalue weighted by Gasteiger charge is 2.10. The van der Waals surface area contributed by atoms with E-state index < -0.39 is 0 Å². The van der Waals surface area contributed by atoms with Crippen LogP contribution in [0.3, 0.4) is 0 Å². The molecule has 0 bridgehead atoms. The Bertz CT molecular complexity index is 466. The summed E-state index contributed by atoms with van der Waals surface area (Å²) in [5.41, 5.74) is 4.80. The van der Waals surface area contributed by atoms with Gasteiger partial charge in [0.15, 0.2) is 0 Å². The zero-order valence-electron chi connectivity index (χ0n) is 9.95. The van der Waals surface area contributed by atoms with Crippen molar-refractivity contribution in [3.8, 4) is 0 Å². The second-order valence-corrected chi connectivity index (χ2v) is 4.34. The van der Waals surface area contributed by atoms with Crippen LogP contribution in [0.5, 0.6) is 0 Å². The van der Waals surface area contributed by atoms with Gasteiger partial charge in [0, 0.05) is 0 Å². The second kappa shape index (κ2) is 5.62. The SMILES string of the molecule is C=C/C=C(\C=C/F)c1ccc2c(c1)CCCC2. The van der Waals surface area contributed by atoms with Crippen LogP contribution in [0.2, 0.25) is 0 Å². The van der Waals surface area contributed by atoms with Crippen LogP contribution in [0.15, 0.2) is 49.3 Å². The Labute approximate surface area is 102 Å². The van der Waals surface area contributed by atoms with Gasteiger partial charge in [0.05, 0.1) is 6.33 Å². The van der Waals surface area contributed by atoms with Crippen molar-refractivity contribution in [2.45, 2.75) is 25.7 Å². The van der Waals surface area contributed by atoms with Crippen molar-refractivity contribution in [1.82, 2.24) is 0 Å². The van der Waals surface area contributed by atoms with Crippen LogP contribution in [0.4, 0.5) is 4.39 Å². The monoisotopic (exact) mass is 228 g/mol. The van der Waals surface area contributed by atoms with Gasteiger partial charge in [-0.05, 0) is 54.0 Å². The van der Waals surface area contributed by atoms with Crippen molar-refractivity contribution in [3.05, 3.63) is 66.0 Å². The van der Waals surface area contributed by atoms with Gasteiger partial charge in [0.2, 0.25) is 0 Å². The normalized spacial score (nSPS) is 15.9. The number of hydrogen-bond acceptors (Lipinski definition) is 0. The summed E-state index contributed by atoms with van der Waals surface area (Å²) in [5.74, 6) is 0. The average molecular weight is 228 g/mol. The Morgan fingerprint density at radius 1 is 1.18 bits per heavy atom. The molecule has 0 nitrogen and oxygen atoms in total. The molecule has 1 aromatic rings. The molecule has 0 fully saturated rings. The minimum Gasteiger partial charge on any atom is -0.216 e. The molecule has 0 unspecified atom stereocenters. The number of fused-ring (bicyclic) bond motifs is 1. The Morgan fingerprint density at radius 3 is 2.65 bits per heavy atom. The number of halogens is 1. The van der Waals surface area contributed by atoms with Crippen LogP contribution in [0, 0.1) is 0 Å². The van der Waals surface area contributed by atoms with Gasteiger partial charge in [0.1, 0.15) is 0 Å². The van der Waals surface area contributed by atoms with Gasteiger partial charge in [-0.25, -0.2) is 4.39 Å². The highest BCUT2D eigenvalue weighted by molar-refractivity contribution is 5.75. The first-order valence-corrected chi connectivity index (χ1v) is 6.07. The zero-order valence-corrected chi connectivity index (χ0v) is 9.95. The van der Waals surface area contributed by atoms with E-state index in [1.807, 2.05) is 6.08 Å². The highest BCUT2D eigenvalue weighted by atomic mass is 19.1. The van der Waals surface area contributed by atoms with E-state index in [9.17, 15) is 4.39 Å². The molecule has 0 aromatic heterocycles. The average Bonchev–Trinajstić information content (AvgIpc) is 2.38. The van der Waals surface area contributed by atoms with Crippen molar-refractivity contribution in [1.29, 1.82) is 0 Å². The zero-order chi connectivity index (χ0) is 12.1. The van der Waals surface area contributed by atoms with E-state index in [1.54, 1.807) is 6.08 Å². The van der Waals surface area contributed by atoms with E-state index in [0.717, 1.165) is 17.6 Å². The van der Waals surface area contributed by atoms with Crippen LogP contribution < -0.4 is 0 Å². The maximum atomic E-state index is 12.3. The van der Waals surface area contributed by atoms with Crippen molar-refractivity contribution < 1.29 is 4.39 Å².